The van der Waals surface area contributed by atoms with E-state index in [1.54, 1.807) is 36.4 Å². The molecule has 2 N–H and O–H groups in total. The molecule has 2 rings (SSSR count). The molecule has 0 saturated heterocycles. The molecule has 1 amide bonds. The van der Waals surface area contributed by atoms with Crippen molar-refractivity contribution in [3.63, 3.8) is 0 Å². The zero-order valence-electron chi connectivity index (χ0n) is 12.5. The Morgan fingerprint density at radius 1 is 1.21 bits per heavy atom. The molecule has 5 nitrogen and oxygen atoms in total. The largest absolute Gasteiger partial charge is 0.480 e. The van der Waals surface area contributed by atoms with E-state index in [2.05, 4.69) is 5.32 Å². The molecule has 2 aromatic carbocycles. The zero-order chi connectivity index (χ0) is 17.5. The van der Waals surface area contributed by atoms with Gasteiger partial charge >= 0.3 is 12.1 Å². The van der Waals surface area contributed by atoms with E-state index in [9.17, 15) is 19.1 Å². The van der Waals surface area contributed by atoms with Gasteiger partial charge in [0.25, 0.3) is 0 Å². The Kier molecular flexibility index (Phi) is 6.53. The molecular weight excluding hydrogens is 428 g/mol. The first-order valence-electron chi connectivity index (χ1n) is 7.09. The van der Waals surface area contributed by atoms with Gasteiger partial charge in [0.1, 0.15) is 18.5 Å². The Bertz CT molecular complexity index is 724. The van der Waals surface area contributed by atoms with Crippen LogP contribution in [0.3, 0.4) is 0 Å². The summed E-state index contributed by atoms with van der Waals surface area (Å²) in [6, 6.07) is 12.1. The normalized spacial score (nSPS) is 11.6. The van der Waals surface area contributed by atoms with E-state index in [0.29, 0.717) is 0 Å². The summed E-state index contributed by atoms with van der Waals surface area (Å²) in [5.74, 6) is -1.77. The summed E-state index contributed by atoms with van der Waals surface area (Å²) in [5, 5.41) is 11.5. The SMILES string of the molecule is O=C(N[C@@H](Cc1cc(I)ccc1F)C(=O)O)OCc1ccccc1. The van der Waals surface area contributed by atoms with E-state index in [4.69, 9.17) is 4.74 Å². The number of hydrogen-bond donors (Lipinski definition) is 2. The molecule has 0 fully saturated rings. The standard InChI is InChI=1S/C17H15FINO4/c18-14-7-6-13(19)8-12(14)9-15(16(21)22)20-17(23)24-10-11-4-2-1-3-5-11/h1-8,15H,9-10H2,(H,20,23)(H,21,22)/t15-/m0/s1. The fourth-order valence-corrected chi connectivity index (χ4v) is 2.58. The van der Waals surface area contributed by atoms with E-state index >= 15 is 0 Å². The molecule has 7 heteroatoms. The molecule has 24 heavy (non-hydrogen) atoms. The maximum atomic E-state index is 13.8. The third-order valence-electron chi connectivity index (χ3n) is 3.23. The lowest BCUT2D eigenvalue weighted by atomic mass is 10.1. The third kappa shape index (κ3) is 5.48. The molecular formula is C17H15FINO4. The van der Waals surface area contributed by atoms with E-state index < -0.39 is 23.9 Å². The molecule has 126 valence electrons. The second-order valence-electron chi connectivity index (χ2n) is 5.04. The van der Waals surface area contributed by atoms with Crippen LogP contribution in [-0.4, -0.2) is 23.2 Å². The van der Waals surface area contributed by atoms with Crippen LogP contribution >= 0.6 is 22.6 Å². The maximum absolute atomic E-state index is 13.8. The van der Waals surface area contributed by atoms with Gasteiger partial charge in [0, 0.05) is 9.99 Å². The number of carboxylic acid groups (broad SMARTS) is 1. The number of hydrogen-bond acceptors (Lipinski definition) is 3. The van der Waals surface area contributed by atoms with Gasteiger partial charge in [-0.15, -0.1) is 0 Å². The Morgan fingerprint density at radius 3 is 2.58 bits per heavy atom. The molecule has 2 aromatic rings. The summed E-state index contributed by atoms with van der Waals surface area (Å²) in [5.41, 5.74) is 1.00. The van der Waals surface area contributed by atoms with Gasteiger partial charge in [-0.2, -0.15) is 0 Å². The van der Waals surface area contributed by atoms with Crippen LogP contribution < -0.4 is 5.32 Å². The van der Waals surface area contributed by atoms with Gasteiger partial charge in [-0.05, 0) is 51.9 Å². The number of aliphatic carboxylic acids is 1. The monoisotopic (exact) mass is 443 g/mol. The van der Waals surface area contributed by atoms with Crippen LogP contribution in [0.2, 0.25) is 0 Å². The minimum atomic E-state index is -1.28. The Morgan fingerprint density at radius 2 is 1.92 bits per heavy atom. The van der Waals surface area contributed by atoms with Crippen LogP contribution in [0, 0.1) is 9.39 Å². The first-order chi connectivity index (χ1) is 11.5. The fraction of sp³-hybridized carbons (Fsp3) is 0.176. The van der Waals surface area contributed by atoms with Crippen molar-refractivity contribution in [2.75, 3.05) is 0 Å². The number of halogens is 2. The van der Waals surface area contributed by atoms with Gasteiger partial charge in [0.15, 0.2) is 0 Å². The number of rotatable bonds is 6. The Labute approximate surface area is 152 Å². The predicted octanol–water partition coefficient (Wildman–Crippen LogP) is 3.35. The molecule has 0 radical (unpaired) electrons. The molecule has 0 aliphatic heterocycles. The molecule has 0 aromatic heterocycles. The zero-order valence-corrected chi connectivity index (χ0v) is 14.7. The topological polar surface area (TPSA) is 75.6 Å². The Hall–Kier alpha value is -2.16. The van der Waals surface area contributed by atoms with Crippen molar-refractivity contribution in [1.29, 1.82) is 0 Å². The van der Waals surface area contributed by atoms with Crippen LogP contribution in [0.5, 0.6) is 0 Å². The molecule has 1 atom stereocenters. The summed E-state index contributed by atoms with van der Waals surface area (Å²) in [6.07, 6.45) is -1.03. The summed E-state index contributed by atoms with van der Waals surface area (Å²) >= 11 is 2.01. The van der Waals surface area contributed by atoms with E-state index in [1.807, 2.05) is 28.7 Å². The summed E-state index contributed by atoms with van der Waals surface area (Å²) in [7, 11) is 0. The van der Waals surface area contributed by atoms with Crippen LogP contribution in [0.25, 0.3) is 0 Å². The predicted molar refractivity (Wildman–Crippen MR) is 94.0 cm³/mol. The van der Waals surface area contributed by atoms with E-state index in [0.717, 1.165) is 9.13 Å². The summed E-state index contributed by atoms with van der Waals surface area (Å²) in [6.45, 7) is 0.0244. The molecule has 0 aliphatic carbocycles. The quantitative estimate of drug-likeness (QED) is 0.672. The lowest BCUT2D eigenvalue weighted by molar-refractivity contribution is -0.139. The number of ether oxygens (including phenoxy) is 1. The van der Waals surface area contributed by atoms with Crippen LogP contribution in [0.4, 0.5) is 9.18 Å². The van der Waals surface area contributed by atoms with Gasteiger partial charge in [-0.3, -0.25) is 0 Å². The van der Waals surface area contributed by atoms with E-state index in [1.165, 1.54) is 6.07 Å². The molecule has 0 unspecified atom stereocenters. The molecule has 0 aliphatic rings. The number of alkyl carbamates (subject to hydrolysis) is 1. The number of carbonyl (C=O) groups is 2. The highest BCUT2D eigenvalue weighted by molar-refractivity contribution is 14.1. The Balaban J connectivity index is 1.96. The number of carboxylic acids is 1. The van der Waals surface area contributed by atoms with Crippen molar-refractivity contribution >= 4 is 34.7 Å². The average Bonchev–Trinajstić information content (AvgIpc) is 2.56. The van der Waals surface area contributed by atoms with Crippen LogP contribution in [0.1, 0.15) is 11.1 Å². The smallest absolute Gasteiger partial charge is 0.408 e. The van der Waals surface area contributed by atoms with Crippen LogP contribution in [-0.2, 0) is 22.6 Å². The number of amides is 1. The molecule has 0 bridgehead atoms. The van der Waals surface area contributed by atoms with Gasteiger partial charge in [0.05, 0.1) is 0 Å². The van der Waals surface area contributed by atoms with Crippen molar-refractivity contribution in [2.45, 2.75) is 19.1 Å². The number of carbonyl (C=O) groups excluding carboxylic acids is 1. The first-order valence-corrected chi connectivity index (χ1v) is 8.17. The minimum Gasteiger partial charge on any atom is -0.480 e. The minimum absolute atomic E-state index is 0.0244. The second-order valence-corrected chi connectivity index (χ2v) is 6.28. The summed E-state index contributed by atoms with van der Waals surface area (Å²) < 4.78 is 19.5. The van der Waals surface area contributed by atoms with Crippen LogP contribution in [0.15, 0.2) is 48.5 Å². The van der Waals surface area contributed by atoms with Gasteiger partial charge < -0.3 is 15.2 Å². The maximum Gasteiger partial charge on any atom is 0.408 e. The highest BCUT2D eigenvalue weighted by atomic mass is 127. The van der Waals surface area contributed by atoms with Gasteiger partial charge in [-0.25, -0.2) is 14.0 Å². The first kappa shape index (κ1) is 18.2. The third-order valence-corrected chi connectivity index (χ3v) is 3.91. The van der Waals surface area contributed by atoms with Crippen molar-refractivity contribution in [2.24, 2.45) is 0 Å². The second kappa shape index (κ2) is 8.62. The van der Waals surface area contributed by atoms with Gasteiger partial charge in [-0.1, -0.05) is 30.3 Å². The number of nitrogens with one attached hydrogen (secondary N) is 1. The fourth-order valence-electron chi connectivity index (χ4n) is 2.03. The lowest BCUT2D eigenvalue weighted by Gasteiger charge is -2.15. The van der Waals surface area contributed by atoms with E-state index in [-0.39, 0.29) is 18.6 Å². The van der Waals surface area contributed by atoms with Crippen molar-refractivity contribution in [3.05, 3.63) is 69.0 Å². The number of benzene rings is 2. The average molecular weight is 443 g/mol. The molecule has 0 spiro atoms. The van der Waals surface area contributed by atoms with Crippen molar-refractivity contribution in [3.8, 4) is 0 Å². The van der Waals surface area contributed by atoms with Crippen molar-refractivity contribution in [1.82, 2.24) is 5.32 Å². The summed E-state index contributed by atoms with van der Waals surface area (Å²) in [4.78, 5) is 23.1. The van der Waals surface area contributed by atoms with Gasteiger partial charge in [0.2, 0.25) is 0 Å². The molecule has 0 heterocycles. The highest BCUT2D eigenvalue weighted by Crippen LogP contribution is 2.14. The molecule has 0 saturated carbocycles. The van der Waals surface area contributed by atoms with Crippen molar-refractivity contribution < 1.29 is 23.8 Å². The highest BCUT2D eigenvalue weighted by Gasteiger charge is 2.22. The lowest BCUT2D eigenvalue weighted by Crippen LogP contribution is -2.42.